The zero-order valence-electron chi connectivity index (χ0n) is 21.7. The standard InChI is InChI=1S/C29H32Cl2F2N2O4/c1-16(19-8-20(30)10-21(31)9-19)34-6-4-17(5-7-34)15-39-27-13-25(33)24(12-23(27)18-2-3-18)28(36)35-14-22(32)11-26(35)29(37)38/h8-10,12-13,16-18,22,26H,2-7,11,14-15H2,1H3,(H,37,38)/t16-,22+,26-/m0/s1. The topological polar surface area (TPSA) is 70.1 Å². The lowest BCUT2D eigenvalue weighted by atomic mass is 9.95. The first kappa shape index (κ1) is 28.1. The zero-order chi connectivity index (χ0) is 27.8. The van der Waals surface area contributed by atoms with Crippen LogP contribution in [0.5, 0.6) is 5.75 Å². The van der Waals surface area contributed by atoms with E-state index >= 15 is 4.39 Å². The van der Waals surface area contributed by atoms with Crippen LogP contribution in [0, 0.1) is 11.7 Å². The number of carboxylic acid groups (broad SMARTS) is 1. The number of carbonyl (C=O) groups excluding carboxylic acids is 1. The first-order chi connectivity index (χ1) is 18.6. The molecule has 2 saturated heterocycles. The lowest BCUT2D eigenvalue weighted by Crippen LogP contribution is -2.41. The minimum atomic E-state index is -1.44. The number of rotatable bonds is 8. The van der Waals surface area contributed by atoms with Crippen molar-refractivity contribution in [2.24, 2.45) is 5.92 Å². The molecule has 2 aromatic carbocycles. The minimum Gasteiger partial charge on any atom is -0.493 e. The van der Waals surface area contributed by atoms with Gasteiger partial charge in [-0.2, -0.15) is 0 Å². The van der Waals surface area contributed by atoms with E-state index in [9.17, 15) is 19.1 Å². The van der Waals surface area contributed by atoms with Crippen LogP contribution >= 0.6 is 23.2 Å². The molecular formula is C29H32Cl2F2N2O4. The number of halogens is 4. The third kappa shape index (κ3) is 6.34. The molecule has 3 aliphatic rings. The van der Waals surface area contributed by atoms with Gasteiger partial charge in [-0.05, 0) is 92.9 Å². The number of benzene rings is 2. The SMILES string of the molecule is C[C@@H](c1cc(Cl)cc(Cl)c1)N1CCC(COc2cc(F)c(C(=O)N3C[C@H](F)C[C@H]3C(=O)O)cc2C2CC2)CC1. The highest BCUT2D eigenvalue weighted by molar-refractivity contribution is 6.34. The Labute approximate surface area is 236 Å². The Morgan fingerprint density at radius 2 is 1.74 bits per heavy atom. The molecule has 210 valence electrons. The Kier molecular flexibility index (Phi) is 8.36. The van der Waals surface area contributed by atoms with Crippen LogP contribution in [0.2, 0.25) is 10.0 Å². The number of nitrogens with zero attached hydrogens (tertiary/aromatic N) is 2. The Morgan fingerprint density at radius 1 is 1.08 bits per heavy atom. The van der Waals surface area contributed by atoms with E-state index in [4.69, 9.17) is 27.9 Å². The smallest absolute Gasteiger partial charge is 0.326 e. The van der Waals surface area contributed by atoms with Crippen molar-refractivity contribution in [3.63, 3.8) is 0 Å². The first-order valence-corrected chi connectivity index (χ1v) is 14.2. The highest BCUT2D eigenvalue weighted by Gasteiger charge is 2.41. The van der Waals surface area contributed by atoms with Crippen LogP contribution in [0.4, 0.5) is 8.78 Å². The molecule has 39 heavy (non-hydrogen) atoms. The summed E-state index contributed by atoms with van der Waals surface area (Å²) in [7, 11) is 0. The maximum absolute atomic E-state index is 15.2. The molecular weight excluding hydrogens is 549 g/mol. The van der Waals surface area contributed by atoms with E-state index in [1.807, 2.05) is 12.1 Å². The summed E-state index contributed by atoms with van der Waals surface area (Å²) in [6.07, 6.45) is 1.94. The van der Waals surface area contributed by atoms with Crippen LogP contribution < -0.4 is 4.74 Å². The molecule has 3 fully saturated rings. The molecule has 3 atom stereocenters. The zero-order valence-corrected chi connectivity index (χ0v) is 23.2. The number of alkyl halides is 1. The van der Waals surface area contributed by atoms with E-state index in [1.54, 1.807) is 6.07 Å². The number of aliphatic carboxylic acids is 1. The van der Waals surface area contributed by atoms with E-state index in [0.29, 0.717) is 28.3 Å². The number of hydrogen-bond donors (Lipinski definition) is 1. The maximum atomic E-state index is 15.2. The molecule has 1 amide bonds. The summed E-state index contributed by atoms with van der Waals surface area (Å²) in [6.45, 7) is 3.99. The Bertz CT molecular complexity index is 1230. The van der Waals surface area contributed by atoms with Gasteiger partial charge in [0.25, 0.3) is 5.91 Å². The highest BCUT2D eigenvalue weighted by Crippen LogP contribution is 2.45. The molecule has 2 heterocycles. The van der Waals surface area contributed by atoms with Crippen molar-refractivity contribution >= 4 is 35.1 Å². The molecule has 0 bridgehead atoms. The van der Waals surface area contributed by atoms with Crippen molar-refractivity contribution in [2.45, 2.75) is 63.2 Å². The third-order valence-corrected chi connectivity index (χ3v) is 8.62. The molecule has 0 spiro atoms. The molecule has 5 rings (SSSR count). The summed E-state index contributed by atoms with van der Waals surface area (Å²) < 4.78 is 35.2. The van der Waals surface area contributed by atoms with Crippen LogP contribution in [0.3, 0.4) is 0 Å². The number of hydrogen-bond acceptors (Lipinski definition) is 4. The number of piperidine rings is 1. The maximum Gasteiger partial charge on any atom is 0.326 e. The summed E-state index contributed by atoms with van der Waals surface area (Å²) in [5.74, 6) is -1.97. The predicted molar refractivity (Wildman–Crippen MR) is 145 cm³/mol. The molecule has 10 heteroatoms. The largest absolute Gasteiger partial charge is 0.493 e. The van der Waals surface area contributed by atoms with Crippen LogP contribution in [0.25, 0.3) is 0 Å². The number of likely N-dealkylation sites (tertiary alicyclic amines) is 2. The molecule has 1 saturated carbocycles. The monoisotopic (exact) mass is 580 g/mol. The lowest BCUT2D eigenvalue weighted by Gasteiger charge is -2.36. The number of ether oxygens (including phenoxy) is 1. The Morgan fingerprint density at radius 3 is 2.36 bits per heavy atom. The molecule has 2 aromatic rings. The normalized spacial score (nSPS) is 23.2. The second-order valence-corrected chi connectivity index (χ2v) is 11.8. The molecule has 0 radical (unpaired) electrons. The van der Waals surface area contributed by atoms with Gasteiger partial charge in [0, 0.05) is 28.6 Å². The fourth-order valence-corrected chi connectivity index (χ4v) is 6.26. The van der Waals surface area contributed by atoms with Gasteiger partial charge in [0.15, 0.2) is 0 Å². The van der Waals surface area contributed by atoms with Crippen molar-refractivity contribution in [2.75, 3.05) is 26.2 Å². The summed E-state index contributed by atoms with van der Waals surface area (Å²) >= 11 is 12.4. The average molecular weight is 581 g/mol. The summed E-state index contributed by atoms with van der Waals surface area (Å²) in [4.78, 5) is 27.9. The third-order valence-electron chi connectivity index (χ3n) is 8.18. The van der Waals surface area contributed by atoms with Crippen LogP contribution in [0.15, 0.2) is 30.3 Å². The van der Waals surface area contributed by atoms with Gasteiger partial charge in [-0.25, -0.2) is 13.6 Å². The van der Waals surface area contributed by atoms with Gasteiger partial charge >= 0.3 is 5.97 Å². The van der Waals surface area contributed by atoms with Gasteiger partial charge in [0.2, 0.25) is 0 Å². The van der Waals surface area contributed by atoms with E-state index in [-0.39, 0.29) is 30.5 Å². The van der Waals surface area contributed by atoms with E-state index < -0.39 is 29.9 Å². The minimum absolute atomic E-state index is 0.169. The molecule has 0 unspecified atom stereocenters. The van der Waals surface area contributed by atoms with Gasteiger partial charge in [0.1, 0.15) is 23.8 Å². The van der Waals surface area contributed by atoms with Gasteiger partial charge in [-0.1, -0.05) is 23.2 Å². The van der Waals surface area contributed by atoms with Crippen LogP contribution in [-0.4, -0.2) is 65.2 Å². The Hall–Kier alpha value is -2.42. The van der Waals surface area contributed by atoms with Crippen molar-refractivity contribution in [1.82, 2.24) is 9.80 Å². The Balaban J connectivity index is 1.23. The van der Waals surface area contributed by atoms with Gasteiger partial charge in [0.05, 0.1) is 18.7 Å². The predicted octanol–water partition coefficient (Wildman–Crippen LogP) is 6.50. The number of amides is 1. The van der Waals surface area contributed by atoms with E-state index in [0.717, 1.165) is 54.8 Å². The summed E-state index contributed by atoms with van der Waals surface area (Å²) in [5.41, 5.74) is 1.60. The molecule has 1 N–H and O–H groups in total. The summed E-state index contributed by atoms with van der Waals surface area (Å²) in [5, 5.41) is 10.6. The highest BCUT2D eigenvalue weighted by atomic mass is 35.5. The fourth-order valence-electron chi connectivity index (χ4n) is 5.71. The number of carbonyl (C=O) groups is 2. The van der Waals surface area contributed by atoms with Gasteiger partial charge < -0.3 is 14.7 Å². The van der Waals surface area contributed by atoms with Gasteiger partial charge in [-0.3, -0.25) is 9.69 Å². The van der Waals surface area contributed by atoms with Crippen LogP contribution in [0.1, 0.15) is 72.5 Å². The van der Waals surface area contributed by atoms with Crippen molar-refractivity contribution < 1.29 is 28.2 Å². The second kappa shape index (κ2) is 11.6. The van der Waals surface area contributed by atoms with Gasteiger partial charge in [-0.15, -0.1) is 0 Å². The molecule has 2 aliphatic heterocycles. The molecule has 1 aliphatic carbocycles. The molecule has 6 nitrogen and oxygen atoms in total. The fraction of sp³-hybridized carbons (Fsp3) is 0.517. The lowest BCUT2D eigenvalue weighted by molar-refractivity contribution is -0.141. The number of carboxylic acids is 1. The van der Waals surface area contributed by atoms with Crippen LogP contribution in [-0.2, 0) is 4.79 Å². The van der Waals surface area contributed by atoms with E-state index in [2.05, 4.69) is 11.8 Å². The van der Waals surface area contributed by atoms with Crippen molar-refractivity contribution in [3.8, 4) is 5.75 Å². The van der Waals surface area contributed by atoms with Crippen molar-refractivity contribution in [1.29, 1.82) is 0 Å². The first-order valence-electron chi connectivity index (χ1n) is 13.4. The second-order valence-electron chi connectivity index (χ2n) is 11.0. The average Bonchev–Trinajstić information content (AvgIpc) is 3.66. The quantitative estimate of drug-likeness (QED) is 0.386. The van der Waals surface area contributed by atoms with E-state index in [1.165, 1.54) is 12.1 Å². The molecule has 0 aromatic heterocycles. The summed E-state index contributed by atoms with van der Waals surface area (Å²) in [6, 6.07) is 7.20. The van der Waals surface area contributed by atoms with Crippen molar-refractivity contribution in [3.05, 3.63) is 62.9 Å².